The molecular weight excluding hydrogens is 364 g/mol. The quantitative estimate of drug-likeness (QED) is 0.561. The van der Waals surface area contributed by atoms with Crippen LogP contribution in [-0.2, 0) is 20.7 Å². The molecule has 138 valence electrons. The predicted molar refractivity (Wildman–Crippen MR) is 91.6 cm³/mol. The molecular formula is C17H17ClN2O6. The van der Waals surface area contributed by atoms with Crippen LogP contribution in [0.1, 0.15) is 22.5 Å². The SMILES string of the molecule is COc1ccc(Cl)cc1C(=O)NNC(=O)COC(=O)CCc1ccco1. The zero-order chi connectivity index (χ0) is 18.9. The number of methoxy groups -OCH3 is 1. The Labute approximate surface area is 154 Å². The molecule has 1 heterocycles. The summed E-state index contributed by atoms with van der Waals surface area (Å²) in [4.78, 5) is 35.3. The van der Waals surface area contributed by atoms with E-state index < -0.39 is 24.4 Å². The Bertz CT molecular complexity index is 776. The van der Waals surface area contributed by atoms with Gasteiger partial charge in [0, 0.05) is 11.4 Å². The molecule has 0 fully saturated rings. The van der Waals surface area contributed by atoms with Gasteiger partial charge in [0.05, 0.1) is 25.4 Å². The van der Waals surface area contributed by atoms with Crippen molar-refractivity contribution in [1.82, 2.24) is 10.9 Å². The van der Waals surface area contributed by atoms with Crippen molar-refractivity contribution in [2.24, 2.45) is 0 Å². The Hall–Kier alpha value is -3.00. The largest absolute Gasteiger partial charge is 0.496 e. The molecule has 0 aliphatic carbocycles. The molecule has 1 aromatic carbocycles. The fraction of sp³-hybridized carbons (Fsp3) is 0.235. The number of carbonyl (C=O) groups excluding carboxylic acids is 3. The molecule has 2 aromatic rings. The van der Waals surface area contributed by atoms with E-state index in [0.29, 0.717) is 23.0 Å². The highest BCUT2D eigenvalue weighted by Gasteiger charge is 2.14. The van der Waals surface area contributed by atoms with E-state index in [0.717, 1.165) is 0 Å². The number of halogens is 1. The van der Waals surface area contributed by atoms with E-state index in [1.54, 1.807) is 18.2 Å². The molecule has 0 aliphatic heterocycles. The molecule has 0 atom stereocenters. The van der Waals surface area contributed by atoms with E-state index >= 15 is 0 Å². The van der Waals surface area contributed by atoms with Crippen molar-refractivity contribution in [3.05, 3.63) is 52.9 Å². The normalized spacial score (nSPS) is 10.1. The van der Waals surface area contributed by atoms with Gasteiger partial charge in [-0.2, -0.15) is 0 Å². The number of benzene rings is 1. The lowest BCUT2D eigenvalue weighted by Crippen LogP contribution is -2.43. The topological polar surface area (TPSA) is 107 Å². The van der Waals surface area contributed by atoms with Crippen molar-refractivity contribution in [2.45, 2.75) is 12.8 Å². The van der Waals surface area contributed by atoms with E-state index in [4.69, 9.17) is 25.5 Å². The fourth-order valence-corrected chi connectivity index (χ4v) is 2.16. The first-order chi connectivity index (χ1) is 12.5. The van der Waals surface area contributed by atoms with Gasteiger partial charge in [0.25, 0.3) is 11.8 Å². The Morgan fingerprint density at radius 2 is 2.00 bits per heavy atom. The molecule has 0 bridgehead atoms. The van der Waals surface area contributed by atoms with Gasteiger partial charge >= 0.3 is 5.97 Å². The first-order valence-electron chi connectivity index (χ1n) is 7.60. The number of carbonyl (C=O) groups is 3. The van der Waals surface area contributed by atoms with E-state index in [9.17, 15) is 14.4 Å². The Morgan fingerprint density at radius 3 is 2.69 bits per heavy atom. The number of hydrogen-bond acceptors (Lipinski definition) is 6. The molecule has 1 aromatic heterocycles. The highest BCUT2D eigenvalue weighted by atomic mass is 35.5. The van der Waals surface area contributed by atoms with Gasteiger partial charge in [0.1, 0.15) is 11.5 Å². The Balaban J connectivity index is 1.73. The van der Waals surface area contributed by atoms with Crippen LogP contribution in [0.2, 0.25) is 5.02 Å². The van der Waals surface area contributed by atoms with Crippen molar-refractivity contribution in [3.63, 3.8) is 0 Å². The van der Waals surface area contributed by atoms with Gasteiger partial charge < -0.3 is 13.9 Å². The van der Waals surface area contributed by atoms with E-state index in [2.05, 4.69) is 10.9 Å². The van der Waals surface area contributed by atoms with Gasteiger partial charge in [-0.05, 0) is 30.3 Å². The van der Waals surface area contributed by atoms with Gasteiger partial charge in [0.2, 0.25) is 0 Å². The second-order valence-corrected chi connectivity index (χ2v) is 5.52. The monoisotopic (exact) mass is 380 g/mol. The summed E-state index contributed by atoms with van der Waals surface area (Å²) >= 11 is 5.84. The molecule has 9 heteroatoms. The van der Waals surface area contributed by atoms with Gasteiger partial charge in [-0.1, -0.05) is 11.6 Å². The molecule has 2 N–H and O–H groups in total. The van der Waals surface area contributed by atoms with Gasteiger partial charge in [-0.25, -0.2) is 0 Å². The number of nitrogens with one attached hydrogen (secondary N) is 2. The second-order valence-electron chi connectivity index (χ2n) is 5.09. The van der Waals surface area contributed by atoms with Crippen LogP contribution in [-0.4, -0.2) is 31.5 Å². The summed E-state index contributed by atoms with van der Waals surface area (Å²) < 4.78 is 15.0. The van der Waals surface area contributed by atoms with Gasteiger partial charge in [0.15, 0.2) is 6.61 Å². The molecule has 2 rings (SSSR count). The number of rotatable bonds is 7. The fourth-order valence-electron chi connectivity index (χ4n) is 1.99. The lowest BCUT2D eigenvalue weighted by molar-refractivity contribution is -0.148. The van der Waals surface area contributed by atoms with Gasteiger partial charge in [-0.15, -0.1) is 0 Å². The molecule has 0 unspecified atom stereocenters. The summed E-state index contributed by atoms with van der Waals surface area (Å²) in [7, 11) is 1.40. The van der Waals surface area contributed by atoms with Crippen LogP contribution >= 0.6 is 11.6 Å². The zero-order valence-electron chi connectivity index (χ0n) is 13.9. The lowest BCUT2D eigenvalue weighted by Gasteiger charge is -2.11. The number of hydrazine groups is 1. The van der Waals surface area contributed by atoms with Crippen LogP contribution in [0.25, 0.3) is 0 Å². The summed E-state index contributed by atoms with van der Waals surface area (Å²) in [5, 5.41) is 0.341. The number of ether oxygens (including phenoxy) is 2. The summed E-state index contributed by atoms with van der Waals surface area (Å²) in [6.07, 6.45) is 1.96. The highest BCUT2D eigenvalue weighted by molar-refractivity contribution is 6.31. The third-order valence-electron chi connectivity index (χ3n) is 3.24. The number of esters is 1. The second kappa shape index (κ2) is 9.47. The molecule has 0 radical (unpaired) electrons. The molecule has 0 saturated carbocycles. The highest BCUT2D eigenvalue weighted by Crippen LogP contribution is 2.22. The average molecular weight is 381 g/mol. The van der Waals surface area contributed by atoms with Crippen LogP contribution in [0.5, 0.6) is 5.75 Å². The minimum atomic E-state index is -0.689. The van der Waals surface area contributed by atoms with Crippen LogP contribution in [0.4, 0.5) is 0 Å². The Morgan fingerprint density at radius 1 is 1.19 bits per heavy atom. The zero-order valence-corrected chi connectivity index (χ0v) is 14.7. The molecule has 0 spiro atoms. The summed E-state index contributed by atoms with van der Waals surface area (Å²) in [5.41, 5.74) is 4.49. The minimum absolute atomic E-state index is 0.0763. The lowest BCUT2D eigenvalue weighted by atomic mass is 10.2. The number of aryl methyl sites for hydroxylation is 1. The molecule has 0 saturated heterocycles. The molecule has 26 heavy (non-hydrogen) atoms. The van der Waals surface area contributed by atoms with E-state index in [1.165, 1.54) is 25.5 Å². The average Bonchev–Trinajstić information content (AvgIpc) is 3.16. The molecule has 2 amide bonds. The van der Waals surface area contributed by atoms with Crippen LogP contribution < -0.4 is 15.6 Å². The molecule has 0 aliphatic rings. The maximum atomic E-state index is 12.1. The van der Waals surface area contributed by atoms with Crippen LogP contribution in [0, 0.1) is 0 Å². The number of furan rings is 1. The third-order valence-corrected chi connectivity index (χ3v) is 3.48. The van der Waals surface area contributed by atoms with Crippen LogP contribution in [0.3, 0.4) is 0 Å². The van der Waals surface area contributed by atoms with Crippen molar-refractivity contribution < 1.29 is 28.3 Å². The summed E-state index contributed by atoms with van der Waals surface area (Å²) in [6, 6.07) is 7.94. The first-order valence-corrected chi connectivity index (χ1v) is 7.98. The maximum Gasteiger partial charge on any atom is 0.306 e. The number of amides is 2. The maximum absolute atomic E-state index is 12.1. The standard InChI is InChI=1S/C17H17ClN2O6/c1-24-14-6-4-11(18)9-13(14)17(23)20-19-15(21)10-26-16(22)7-5-12-3-2-8-25-12/h2-4,6,8-9H,5,7,10H2,1H3,(H,19,21)(H,20,23). The Kier molecular flexibility index (Phi) is 7.04. The third kappa shape index (κ3) is 5.82. The predicted octanol–water partition coefficient (Wildman–Crippen LogP) is 1.88. The summed E-state index contributed by atoms with van der Waals surface area (Å²) in [5.74, 6) is -0.924. The first kappa shape index (κ1) is 19.3. The van der Waals surface area contributed by atoms with Crippen molar-refractivity contribution in [3.8, 4) is 5.75 Å². The minimum Gasteiger partial charge on any atom is -0.496 e. The number of hydrogen-bond donors (Lipinski definition) is 2. The smallest absolute Gasteiger partial charge is 0.306 e. The van der Waals surface area contributed by atoms with Crippen molar-refractivity contribution in [1.29, 1.82) is 0 Å². The van der Waals surface area contributed by atoms with Crippen LogP contribution in [0.15, 0.2) is 41.0 Å². The van der Waals surface area contributed by atoms with Gasteiger partial charge in [-0.3, -0.25) is 25.2 Å². The van der Waals surface area contributed by atoms with Crippen molar-refractivity contribution >= 4 is 29.4 Å². The summed E-state index contributed by atoms with van der Waals surface area (Å²) in [6.45, 7) is -0.524. The van der Waals surface area contributed by atoms with E-state index in [1.807, 2.05) is 0 Å². The van der Waals surface area contributed by atoms with E-state index in [-0.39, 0.29) is 12.0 Å². The van der Waals surface area contributed by atoms with Crippen molar-refractivity contribution in [2.75, 3.05) is 13.7 Å². The molecule has 8 nitrogen and oxygen atoms in total.